The first-order valence-electron chi connectivity index (χ1n) is 11.3. The molecule has 2 aliphatic heterocycles. The standard InChI is InChI=1S/C28H28N2O2S/c1-19-13-15-21(16-14-19)25(31)30-18-27(3,4)33-28(30)23-11-7-8-12-24(23)29(26(28)32)17-22-10-6-5-9-20(22)2/h5-16H,17-18H2,1-4H3/t28-/m0/s1. The van der Waals surface area contributed by atoms with Crippen molar-refractivity contribution in [2.24, 2.45) is 0 Å². The van der Waals surface area contributed by atoms with Crippen LogP contribution in [-0.2, 0) is 16.2 Å². The highest BCUT2D eigenvalue weighted by molar-refractivity contribution is 8.02. The first-order chi connectivity index (χ1) is 15.7. The smallest absolute Gasteiger partial charge is 0.268 e. The zero-order valence-corrected chi connectivity index (χ0v) is 20.3. The highest BCUT2D eigenvalue weighted by atomic mass is 32.2. The second-order valence-electron chi connectivity index (χ2n) is 9.60. The maximum atomic E-state index is 14.3. The lowest BCUT2D eigenvalue weighted by molar-refractivity contribution is -0.123. The van der Waals surface area contributed by atoms with Crippen molar-refractivity contribution in [3.63, 3.8) is 0 Å². The molecule has 0 radical (unpaired) electrons. The predicted octanol–water partition coefficient (Wildman–Crippen LogP) is 5.67. The second-order valence-corrected chi connectivity index (χ2v) is 11.5. The number of aryl methyl sites for hydroxylation is 2. The molecule has 2 aliphatic rings. The maximum Gasteiger partial charge on any atom is 0.268 e. The number of carbonyl (C=O) groups is 2. The summed E-state index contributed by atoms with van der Waals surface area (Å²) in [4.78, 5) is 30.7. The third-order valence-electron chi connectivity index (χ3n) is 6.57. The van der Waals surface area contributed by atoms with Crippen molar-refractivity contribution in [1.29, 1.82) is 0 Å². The highest BCUT2D eigenvalue weighted by Crippen LogP contribution is 2.60. The molecular formula is C28H28N2O2S. The first-order valence-corrected chi connectivity index (χ1v) is 12.1. The van der Waals surface area contributed by atoms with Crippen LogP contribution in [0.4, 0.5) is 5.69 Å². The number of benzene rings is 3. The summed E-state index contributed by atoms with van der Waals surface area (Å²) >= 11 is 1.60. The summed E-state index contributed by atoms with van der Waals surface area (Å²) in [6, 6.07) is 23.7. The molecule has 5 heteroatoms. The van der Waals surface area contributed by atoms with Gasteiger partial charge in [-0.2, -0.15) is 0 Å². The van der Waals surface area contributed by atoms with Crippen LogP contribution in [0.1, 0.15) is 46.5 Å². The van der Waals surface area contributed by atoms with Crippen LogP contribution in [0.2, 0.25) is 0 Å². The fraction of sp³-hybridized carbons (Fsp3) is 0.286. The normalized spacial score (nSPS) is 21.0. The van der Waals surface area contributed by atoms with E-state index in [2.05, 4.69) is 32.9 Å². The van der Waals surface area contributed by atoms with Crippen LogP contribution in [0.5, 0.6) is 0 Å². The molecule has 0 saturated carbocycles. The van der Waals surface area contributed by atoms with Crippen molar-refractivity contribution < 1.29 is 9.59 Å². The summed E-state index contributed by atoms with van der Waals surface area (Å²) < 4.78 is -0.262. The van der Waals surface area contributed by atoms with E-state index in [9.17, 15) is 9.59 Å². The first kappa shape index (κ1) is 21.8. The predicted molar refractivity (Wildman–Crippen MR) is 134 cm³/mol. The highest BCUT2D eigenvalue weighted by Gasteiger charge is 2.63. The molecule has 0 N–H and O–H groups in total. The summed E-state index contributed by atoms with van der Waals surface area (Å²) in [5, 5.41) is 0. The van der Waals surface area contributed by atoms with E-state index in [0.717, 1.165) is 27.9 Å². The van der Waals surface area contributed by atoms with E-state index in [-0.39, 0.29) is 16.6 Å². The van der Waals surface area contributed by atoms with Gasteiger partial charge in [0, 0.05) is 22.4 Å². The van der Waals surface area contributed by atoms with Gasteiger partial charge in [-0.25, -0.2) is 0 Å². The zero-order chi connectivity index (χ0) is 23.4. The fourth-order valence-electron chi connectivity index (χ4n) is 4.92. The minimum absolute atomic E-state index is 0.0389. The Bertz CT molecular complexity index is 1250. The molecular weight excluding hydrogens is 428 g/mol. The summed E-state index contributed by atoms with van der Waals surface area (Å²) in [5.74, 6) is -0.142. The molecule has 0 aliphatic carbocycles. The lowest BCUT2D eigenvalue weighted by atomic mass is 10.0. The number of amides is 2. The van der Waals surface area contributed by atoms with Gasteiger partial charge in [-0.1, -0.05) is 60.2 Å². The largest absolute Gasteiger partial charge is 0.310 e. The van der Waals surface area contributed by atoms with Crippen molar-refractivity contribution in [2.75, 3.05) is 11.4 Å². The lowest BCUT2D eigenvalue weighted by Gasteiger charge is -2.33. The molecule has 3 aromatic rings. The summed E-state index contributed by atoms with van der Waals surface area (Å²) in [6.45, 7) is 9.28. The Morgan fingerprint density at radius 3 is 2.33 bits per heavy atom. The Morgan fingerprint density at radius 2 is 1.61 bits per heavy atom. The van der Waals surface area contributed by atoms with Crippen LogP contribution in [0.15, 0.2) is 72.8 Å². The number of rotatable bonds is 3. The Hall–Kier alpha value is -3.05. The van der Waals surface area contributed by atoms with E-state index < -0.39 is 4.87 Å². The van der Waals surface area contributed by atoms with Crippen LogP contribution in [0.25, 0.3) is 0 Å². The van der Waals surface area contributed by atoms with E-state index in [1.54, 1.807) is 16.7 Å². The van der Waals surface area contributed by atoms with Gasteiger partial charge in [0.15, 0.2) is 4.87 Å². The average molecular weight is 457 g/mol. The monoisotopic (exact) mass is 456 g/mol. The van der Waals surface area contributed by atoms with Crippen LogP contribution in [-0.4, -0.2) is 28.0 Å². The Balaban J connectivity index is 1.63. The van der Waals surface area contributed by atoms with Crippen LogP contribution in [0.3, 0.4) is 0 Å². The minimum Gasteiger partial charge on any atom is -0.310 e. The van der Waals surface area contributed by atoms with E-state index in [1.165, 1.54) is 0 Å². The molecule has 168 valence electrons. The van der Waals surface area contributed by atoms with E-state index in [0.29, 0.717) is 18.7 Å². The van der Waals surface area contributed by atoms with Crippen LogP contribution < -0.4 is 4.90 Å². The molecule has 1 fully saturated rings. The van der Waals surface area contributed by atoms with Crippen molar-refractivity contribution in [3.05, 3.63) is 101 Å². The van der Waals surface area contributed by atoms with Crippen LogP contribution >= 0.6 is 11.8 Å². The topological polar surface area (TPSA) is 40.6 Å². The van der Waals surface area contributed by atoms with E-state index in [1.807, 2.05) is 72.5 Å². The number of carbonyl (C=O) groups excluding carboxylic acids is 2. The Kier molecular flexibility index (Phi) is 5.13. The molecule has 33 heavy (non-hydrogen) atoms. The molecule has 0 aromatic heterocycles. The molecule has 0 unspecified atom stereocenters. The van der Waals surface area contributed by atoms with Gasteiger partial charge < -0.3 is 9.80 Å². The maximum absolute atomic E-state index is 14.3. The molecule has 2 heterocycles. The van der Waals surface area contributed by atoms with E-state index in [4.69, 9.17) is 0 Å². The van der Waals surface area contributed by atoms with Gasteiger partial charge in [0.2, 0.25) is 0 Å². The number of thioether (sulfide) groups is 1. The van der Waals surface area contributed by atoms with Crippen molar-refractivity contribution in [2.45, 2.75) is 43.9 Å². The van der Waals surface area contributed by atoms with E-state index >= 15 is 0 Å². The molecule has 0 bridgehead atoms. The van der Waals surface area contributed by atoms with Crippen molar-refractivity contribution >= 4 is 29.3 Å². The average Bonchev–Trinajstić information content (AvgIpc) is 3.21. The minimum atomic E-state index is -1.06. The third-order valence-corrected chi connectivity index (χ3v) is 8.16. The lowest BCUT2D eigenvalue weighted by Crippen LogP contribution is -2.50. The molecule has 1 saturated heterocycles. The molecule has 4 nitrogen and oxygen atoms in total. The molecule has 1 spiro atoms. The van der Waals surface area contributed by atoms with Crippen LogP contribution in [0, 0.1) is 13.8 Å². The number of hydrogen-bond donors (Lipinski definition) is 0. The molecule has 3 aromatic carbocycles. The van der Waals surface area contributed by atoms with Gasteiger partial charge in [0.25, 0.3) is 11.8 Å². The zero-order valence-electron chi connectivity index (χ0n) is 19.5. The summed E-state index contributed by atoms with van der Waals surface area (Å²) in [6.07, 6.45) is 0. The van der Waals surface area contributed by atoms with Gasteiger partial charge in [-0.3, -0.25) is 9.59 Å². The van der Waals surface area contributed by atoms with Gasteiger partial charge in [-0.15, -0.1) is 11.8 Å². The number of nitrogens with zero attached hydrogens (tertiary/aromatic N) is 2. The second kappa shape index (κ2) is 7.77. The fourth-order valence-corrected chi connectivity index (χ4v) is 6.65. The number of fused-ring (bicyclic) bond motifs is 2. The molecule has 1 atom stereocenters. The molecule has 2 amide bonds. The van der Waals surface area contributed by atoms with Gasteiger partial charge in [-0.05, 0) is 57.0 Å². The Morgan fingerprint density at radius 1 is 0.939 bits per heavy atom. The summed E-state index contributed by atoms with van der Waals surface area (Å²) in [5.41, 5.74) is 5.76. The van der Waals surface area contributed by atoms with Crippen molar-refractivity contribution in [3.8, 4) is 0 Å². The SMILES string of the molecule is Cc1ccc(C(=O)N2CC(C)(C)S[C@@]23C(=O)N(Cc2ccccc2C)c2ccccc23)cc1. The van der Waals surface area contributed by atoms with Gasteiger partial charge >= 0.3 is 0 Å². The van der Waals surface area contributed by atoms with Crippen molar-refractivity contribution in [1.82, 2.24) is 4.90 Å². The number of anilines is 1. The van der Waals surface area contributed by atoms with Gasteiger partial charge in [0.05, 0.1) is 12.2 Å². The number of hydrogen-bond acceptors (Lipinski definition) is 3. The molecule has 5 rings (SSSR count). The van der Waals surface area contributed by atoms with Gasteiger partial charge in [0.1, 0.15) is 0 Å². The summed E-state index contributed by atoms with van der Waals surface area (Å²) in [7, 11) is 0. The Labute approximate surface area is 199 Å². The third kappa shape index (κ3) is 3.46. The quantitative estimate of drug-likeness (QED) is 0.510. The number of para-hydroxylation sites is 1.